The third-order valence-electron chi connectivity index (χ3n) is 2.22. The molecule has 0 unspecified atom stereocenters. The summed E-state index contributed by atoms with van der Waals surface area (Å²) in [5.41, 5.74) is -0.618. The number of hydrogen-bond donors (Lipinski definition) is 1. The van der Waals surface area contributed by atoms with Crippen molar-refractivity contribution in [2.75, 3.05) is 14.2 Å². The maximum Gasteiger partial charge on any atom is 0.313 e. The highest BCUT2D eigenvalue weighted by Crippen LogP contribution is 2.11. The van der Waals surface area contributed by atoms with Gasteiger partial charge in [0, 0.05) is 27.1 Å². The Morgan fingerprint density at radius 1 is 1.16 bits per heavy atom. The van der Waals surface area contributed by atoms with Gasteiger partial charge in [-0.1, -0.05) is 0 Å². The molecule has 6 heteroatoms. The van der Waals surface area contributed by atoms with E-state index in [1.165, 1.54) is 14.2 Å². The van der Waals surface area contributed by atoms with Crippen LogP contribution in [0.25, 0.3) is 0 Å². The smallest absolute Gasteiger partial charge is 0.313 e. The van der Waals surface area contributed by atoms with Crippen LogP contribution in [0.4, 0.5) is 0 Å². The van der Waals surface area contributed by atoms with Crippen molar-refractivity contribution in [3.63, 3.8) is 0 Å². The fourth-order valence-corrected chi connectivity index (χ4v) is 1.47. The molecule has 0 aromatic rings. The number of ether oxygens (including phenoxy) is 3. The van der Waals surface area contributed by atoms with Gasteiger partial charge in [0.25, 0.3) is 0 Å². The molecule has 1 atom stereocenters. The van der Waals surface area contributed by atoms with Gasteiger partial charge in [-0.3, -0.25) is 9.59 Å². The molecule has 0 amide bonds. The summed E-state index contributed by atoms with van der Waals surface area (Å²) < 4.78 is 14.8. The van der Waals surface area contributed by atoms with Gasteiger partial charge in [0.05, 0.1) is 6.10 Å². The first-order valence-electron chi connectivity index (χ1n) is 6.15. The van der Waals surface area contributed by atoms with E-state index in [0.717, 1.165) is 0 Å². The molecule has 6 nitrogen and oxygen atoms in total. The van der Waals surface area contributed by atoms with Gasteiger partial charge in [0.15, 0.2) is 6.29 Å². The second kappa shape index (κ2) is 8.24. The number of esters is 1. The number of carbonyl (C=O) groups is 2. The molecule has 112 valence electrons. The van der Waals surface area contributed by atoms with Gasteiger partial charge in [-0.2, -0.15) is 0 Å². The zero-order chi connectivity index (χ0) is 15.1. The molecule has 0 aliphatic heterocycles. The Morgan fingerprint density at radius 2 is 1.68 bits per heavy atom. The van der Waals surface area contributed by atoms with Crippen LogP contribution in [0.15, 0.2) is 0 Å². The SMILES string of the molecule is COC(C[C@H](O)CC(=O)CC(=O)OC(C)(C)C)OC. The van der Waals surface area contributed by atoms with Gasteiger partial charge in [0.1, 0.15) is 17.8 Å². The lowest BCUT2D eigenvalue weighted by Crippen LogP contribution is -2.27. The number of carbonyl (C=O) groups excluding carboxylic acids is 2. The van der Waals surface area contributed by atoms with Crippen molar-refractivity contribution in [2.24, 2.45) is 0 Å². The van der Waals surface area contributed by atoms with E-state index in [9.17, 15) is 14.7 Å². The predicted molar refractivity (Wildman–Crippen MR) is 68.5 cm³/mol. The standard InChI is InChI=1S/C13H24O6/c1-13(2,3)19-11(16)7-9(14)6-10(15)8-12(17-4)18-5/h10,12,15H,6-8H2,1-5H3/t10-/m1/s1. The van der Waals surface area contributed by atoms with Crippen LogP contribution >= 0.6 is 0 Å². The zero-order valence-electron chi connectivity index (χ0n) is 12.3. The van der Waals surface area contributed by atoms with Crippen LogP contribution < -0.4 is 0 Å². The van der Waals surface area contributed by atoms with Gasteiger partial charge in [-0.15, -0.1) is 0 Å². The quantitative estimate of drug-likeness (QED) is 0.405. The van der Waals surface area contributed by atoms with Crippen molar-refractivity contribution < 1.29 is 28.9 Å². The van der Waals surface area contributed by atoms with Crippen LogP contribution in [0, 0.1) is 0 Å². The number of methoxy groups -OCH3 is 2. The lowest BCUT2D eigenvalue weighted by Gasteiger charge is -2.20. The fraction of sp³-hybridized carbons (Fsp3) is 0.846. The molecule has 0 bridgehead atoms. The minimum Gasteiger partial charge on any atom is -0.460 e. The van der Waals surface area contributed by atoms with Crippen LogP contribution in [-0.4, -0.2) is 49.1 Å². The highest BCUT2D eigenvalue weighted by atomic mass is 16.7. The van der Waals surface area contributed by atoms with E-state index in [1.54, 1.807) is 20.8 Å². The number of aliphatic hydroxyl groups excluding tert-OH is 1. The molecule has 0 aromatic carbocycles. The lowest BCUT2D eigenvalue weighted by atomic mass is 10.1. The van der Waals surface area contributed by atoms with Crippen LogP contribution in [0.5, 0.6) is 0 Å². The molecule has 19 heavy (non-hydrogen) atoms. The van der Waals surface area contributed by atoms with Gasteiger partial charge in [-0.05, 0) is 20.8 Å². The number of aliphatic hydroxyl groups is 1. The average Bonchev–Trinajstić information content (AvgIpc) is 2.22. The predicted octanol–water partition coefficient (Wildman–Crippen LogP) is 1.05. The molecule has 0 rings (SSSR count). The highest BCUT2D eigenvalue weighted by Gasteiger charge is 2.21. The first kappa shape index (κ1) is 18.0. The third-order valence-corrected chi connectivity index (χ3v) is 2.22. The second-order valence-corrected chi connectivity index (χ2v) is 5.30. The zero-order valence-corrected chi connectivity index (χ0v) is 12.3. The molecule has 0 fully saturated rings. The van der Waals surface area contributed by atoms with E-state index in [1.807, 2.05) is 0 Å². The summed E-state index contributed by atoms with van der Waals surface area (Å²) >= 11 is 0. The Labute approximate surface area is 114 Å². The van der Waals surface area contributed by atoms with Crippen LogP contribution in [0.2, 0.25) is 0 Å². The molecule has 0 spiro atoms. The van der Waals surface area contributed by atoms with E-state index >= 15 is 0 Å². The van der Waals surface area contributed by atoms with Crippen molar-refractivity contribution in [1.82, 2.24) is 0 Å². The number of rotatable bonds is 8. The average molecular weight is 276 g/mol. The Bertz CT molecular complexity index is 290. The van der Waals surface area contributed by atoms with Crippen LogP contribution in [-0.2, 0) is 23.8 Å². The topological polar surface area (TPSA) is 82.1 Å². The summed E-state index contributed by atoms with van der Waals surface area (Å²) in [5, 5.41) is 9.66. The van der Waals surface area contributed by atoms with Crippen molar-refractivity contribution in [3.8, 4) is 0 Å². The van der Waals surface area contributed by atoms with Crippen LogP contribution in [0.3, 0.4) is 0 Å². The first-order valence-corrected chi connectivity index (χ1v) is 6.15. The Hall–Kier alpha value is -0.980. The third kappa shape index (κ3) is 9.58. The molecule has 1 N–H and O–H groups in total. The van der Waals surface area contributed by atoms with Crippen molar-refractivity contribution >= 4 is 11.8 Å². The van der Waals surface area contributed by atoms with E-state index in [-0.39, 0.29) is 25.0 Å². The summed E-state index contributed by atoms with van der Waals surface area (Å²) in [6.45, 7) is 5.18. The first-order chi connectivity index (χ1) is 8.67. The molecule has 0 saturated heterocycles. The maximum atomic E-state index is 11.6. The minimum atomic E-state index is -0.903. The summed E-state index contributed by atoms with van der Waals surface area (Å²) in [7, 11) is 2.90. The van der Waals surface area contributed by atoms with Gasteiger partial charge in [0.2, 0.25) is 0 Å². The second-order valence-electron chi connectivity index (χ2n) is 5.30. The minimum absolute atomic E-state index is 0.123. The van der Waals surface area contributed by atoms with Gasteiger partial charge in [-0.25, -0.2) is 0 Å². The molecule has 0 aliphatic carbocycles. The largest absolute Gasteiger partial charge is 0.460 e. The summed E-state index contributed by atoms with van der Waals surface area (Å²) in [6.07, 6.45) is -1.75. The van der Waals surface area contributed by atoms with Crippen LogP contribution in [0.1, 0.15) is 40.0 Å². The van der Waals surface area contributed by atoms with E-state index in [4.69, 9.17) is 14.2 Å². The van der Waals surface area contributed by atoms with E-state index < -0.39 is 24.0 Å². The normalized spacial score (nSPS) is 13.4. The fourth-order valence-electron chi connectivity index (χ4n) is 1.47. The number of ketones is 1. The van der Waals surface area contributed by atoms with Gasteiger partial charge >= 0.3 is 5.97 Å². The van der Waals surface area contributed by atoms with E-state index in [2.05, 4.69) is 0 Å². The molecule has 0 aromatic heterocycles. The molecular formula is C13H24O6. The lowest BCUT2D eigenvalue weighted by molar-refractivity contribution is -0.156. The highest BCUT2D eigenvalue weighted by molar-refractivity contribution is 5.95. The molecule has 0 saturated carbocycles. The molecular weight excluding hydrogens is 252 g/mol. The van der Waals surface area contributed by atoms with Gasteiger partial charge < -0.3 is 19.3 Å². The number of Topliss-reactive ketones (excluding diaryl/α,β-unsaturated/α-hetero) is 1. The summed E-state index contributed by atoms with van der Waals surface area (Å²) in [6, 6.07) is 0. The van der Waals surface area contributed by atoms with E-state index in [0.29, 0.717) is 0 Å². The van der Waals surface area contributed by atoms with Crippen molar-refractivity contribution in [1.29, 1.82) is 0 Å². The maximum absolute atomic E-state index is 11.6. The monoisotopic (exact) mass is 276 g/mol. The summed E-state index contributed by atoms with van der Waals surface area (Å²) in [4.78, 5) is 23.0. The Morgan fingerprint density at radius 3 is 2.11 bits per heavy atom. The molecule has 0 heterocycles. The Kier molecular flexibility index (Phi) is 7.82. The Balaban J connectivity index is 4.07. The van der Waals surface area contributed by atoms with Crippen molar-refractivity contribution in [3.05, 3.63) is 0 Å². The number of hydrogen-bond acceptors (Lipinski definition) is 6. The summed E-state index contributed by atoms with van der Waals surface area (Å²) in [5.74, 6) is -0.951. The molecule has 0 aliphatic rings. The van der Waals surface area contributed by atoms with Crippen molar-refractivity contribution in [2.45, 2.75) is 58.0 Å². The molecule has 0 radical (unpaired) electrons.